The molecule has 1 aliphatic carbocycles. The van der Waals surface area contributed by atoms with Crippen LogP contribution in [0.1, 0.15) is 38.5 Å². The van der Waals surface area contributed by atoms with Gasteiger partial charge in [-0.15, -0.1) is 6.58 Å². The number of nitrogens with one attached hydrogen (secondary N) is 1. The minimum atomic E-state index is -0.834. The zero-order valence-electron chi connectivity index (χ0n) is 10.6. The van der Waals surface area contributed by atoms with E-state index >= 15 is 0 Å². The average molecular weight is 254 g/mol. The van der Waals surface area contributed by atoms with E-state index in [1.54, 1.807) is 6.08 Å². The number of carbonyl (C=O) groups is 2. The van der Waals surface area contributed by atoms with Crippen molar-refractivity contribution >= 4 is 11.9 Å². The van der Waals surface area contributed by atoms with E-state index in [4.69, 9.17) is 5.73 Å². The lowest BCUT2D eigenvalue weighted by atomic mass is 9.94. The van der Waals surface area contributed by atoms with Gasteiger partial charge < -0.3 is 16.2 Å². The molecule has 0 aromatic carbocycles. The van der Waals surface area contributed by atoms with Crippen molar-refractivity contribution < 1.29 is 14.7 Å². The first-order valence-corrected chi connectivity index (χ1v) is 6.46. The van der Waals surface area contributed by atoms with Crippen LogP contribution >= 0.6 is 0 Å². The summed E-state index contributed by atoms with van der Waals surface area (Å²) in [5.74, 6) is -1.61. The van der Waals surface area contributed by atoms with Gasteiger partial charge in [-0.2, -0.15) is 0 Å². The highest BCUT2D eigenvalue weighted by atomic mass is 16.4. The standard InChI is InChI=1S/C13H22N2O3/c1-2-6-10(14)12(16)15-11-8-5-3-4-7-9(11)13(17)18/h2,9-11H,1,3-8,14H2,(H,15,16)(H,17,18). The van der Waals surface area contributed by atoms with Gasteiger partial charge in [0.2, 0.25) is 5.91 Å². The lowest BCUT2D eigenvalue weighted by Gasteiger charge is -2.24. The summed E-state index contributed by atoms with van der Waals surface area (Å²) in [4.78, 5) is 23.0. The van der Waals surface area contributed by atoms with E-state index < -0.39 is 17.9 Å². The third-order valence-corrected chi connectivity index (χ3v) is 3.42. The SMILES string of the molecule is C=CCC(N)C(=O)NC1CCCCCC1C(=O)O. The Hall–Kier alpha value is -1.36. The molecule has 0 aliphatic heterocycles. The highest BCUT2D eigenvalue weighted by Gasteiger charge is 2.31. The molecule has 4 N–H and O–H groups in total. The van der Waals surface area contributed by atoms with Crippen LogP contribution in [0.5, 0.6) is 0 Å². The van der Waals surface area contributed by atoms with Crippen LogP contribution in [-0.4, -0.2) is 29.1 Å². The lowest BCUT2D eigenvalue weighted by Crippen LogP contribution is -2.49. The molecule has 3 unspecified atom stereocenters. The third-order valence-electron chi connectivity index (χ3n) is 3.42. The Bertz CT molecular complexity index is 317. The topological polar surface area (TPSA) is 92.4 Å². The summed E-state index contributed by atoms with van der Waals surface area (Å²) in [6, 6.07) is -0.937. The molecule has 0 radical (unpaired) electrons. The Kier molecular flexibility index (Phi) is 5.85. The predicted octanol–water partition coefficient (Wildman–Crippen LogP) is 1.04. The van der Waals surface area contributed by atoms with Crippen molar-refractivity contribution in [3.63, 3.8) is 0 Å². The first-order chi connectivity index (χ1) is 8.56. The van der Waals surface area contributed by atoms with E-state index in [0.717, 1.165) is 19.3 Å². The van der Waals surface area contributed by atoms with E-state index in [0.29, 0.717) is 19.3 Å². The van der Waals surface area contributed by atoms with E-state index in [1.807, 2.05) is 0 Å². The monoisotopic (exact) mass is 254 g/mol. The van der Waals surface area contributed by atoms with Gasteiger partial charge in [-0.05, 0) is 19.3 Å². The van der Waals surface area contributed by atoms with E-state index in [1.165, 1.54) is 0 Å². The van der Waals surface area contributed by atoms with Crippen LogP contribution in [-0.2, 0) is 9.59 Å². The molecule has 18 heavy (non-hydrogen) atoms. The van der Waals surface area contributed by atoms with Gasteiger partial charge in [-0.25, -0.2) is 0 Å². The fourth-order valence-corrected chi connectivity index (χ4v) is 2.35. The Morgan fingerprint density at radius 1 is 1.39 bits per heavy atom. The summed E-state index contributed by atoms with van der Waals surface area (Å²) in [5.41, 5.74) is 5.67. The quantitative estimate of drug-likeness (QED) is 0.505. The molecule has 1 aliphatic rings. The zero-order valence-corrected chi connectivity index (χ0v) is 10.6. The van der Waals surface area contributed by atoms with Gasteiger partial charge in [0.25, 0.3) is 0 Å². The molecule has 102 valence electrons. The maximum Gasteiger partial charge on any atom is 0.308 e. The molecule has 5 heteroatoms. The molecule has 1 saturated carbocycles. The number of hydrogen-bond acceptors (Lipinski definition) is 3. The van der Waals surface area contributed by atoms with E-state index in [9.17, 15) is 14.7 Å². The van der Waals surface area contributed by atoms with Crippen LogP contribution in [0.4, 0.5) is 0 Å². The highest BCUT2D eigenvalue weighted by molar-refractivity contribution is 5.82. The molecule has 0 saturated heterocycles. The van der Waals surface area contributed by atoms with E-state index in [2.05, 4.69) is 11.9 Å². The highest BCUT2D eigenvalue weighted by Crippen LogP contribution is 2.23. The Balaban J connectivity index is 2.62. The third kappa shape index (κ3) is 4.14. The molecule has 1 fully saturated rings. The molecular weight excluding hydrogens is 232 g/mol. The summed E-state index contributed by atoms with van der Waals surface area (Å²) in [5, 5.41) is 12.0. The number of amides is 1. The Morgan fingerprint density at radius 3 is 2.67 bits per heavy atom. The second-order valence-corrected chi connectivity index (χ2v) is 4.83. The number of carboxylic acids is 1. The number of nitrogens with two attached hydrogens (primary N) is 1. The van der Waals surface area contributed by atoms with Crippen molar-refractivity contribution in [1.29, 1.82) is 0 Å². The van der Waals surface area contributed by atoms with Gasteiger partial charge in [0, 0.05) is 6.04 Å². The first-order valence-electron chi connectivity index (χ1n) is 6.46. The van der Waals surface area contributed by atoms with Crippen molar-refractivity contribution in [2.24, 2.45) is 11.7 Å². The number of hydrogen-bond donors (Lipinski definition) is 3. The van der Waals surface area contributed by atoms with Crippen molar-refractivity contribution in [2.75, 3.05) is 0 Å². The zero-order chi connectivity index (χ0) is 13.5. The summed E-state index contributed by atoms with van der Waals surface area (Å²) < 4.78 is 0. The maximum absolute atomic E-state index is 11.8. The number of carbonyl (C=O) groups excluding carboxylic acids is 1. The molecule has 0 heterocycles. The maximum atomic E-state index is 11.8. The number of carboxylic acid groups (broad SMARTS) is 1. The number of rotatable bonds is 5. The van der Waals surface area contributed by atoms with Gasteiger partial charge in [0.05, 0.1) is 12.0 Å². The predicted molar refractivity (Wildman–Crippen MR) is 68.9 cm³/mol. The molecule has 1 amide bonds. The smallest absolute Gasteiger partial charge is 0.308 e. The average Bonchev–Trinajstić information content (AvgIpc) is 2.54. The molecule has 5 nitrogen and oxygen atoms in total. The van der Waals surface area contributed by atoms with E-state index in [-0.39, 0.29) is 11.9 Å². The number of aliphatic carboxylic acids is 1. The largest absolute Gasteiger partial charge is 0.481 e. The van der Waals surface area contributed by atoms with Crippen LogP contribution in [0.3, 0.4) is 0 Å². The van der Waals surface area contributed by atoms with Crippen LogP contribution in [0.15, 0.2) is 12.7 Å². The Morgan fingerprint density at radius 2 is 2.06 bits per heavy atom. The van der Waals surface area contributed by atoms with Gasteiger partial charge in [-0.3, -0.25) is 9.59 Å². The second-order valence-electron chi connectivity index (χ2n) is 4.83. The van der Waals surface area contributed by atoms with Gasteiger partial charge in [-0.1, -0.05) is 25.3 Å². The minimum absolute atomic E-state index is 0.284. The second kappa shape index (κ2) is 7.16. The van der Waals surface area contributed by atoms with Crippen molar-refractivity contribution in [3.05, 3.63) is 12.7 Å². The fraction of sp³-hybridized carbons (Fsp3) is 0.692. The normalized spacial score (nSPS) is 25.8. The van der Waals surface area contributed by atoms with Crippen LogP contribution in [0.2, 0.25) is 0 Å². The molecule has 0 bridgehead atoms. The van der Waals surface area contributed by atoms with Crippen molar-refractivity contribution in [1.82, 2.24) is 5.32 Å². The molecule has 0 spiro atoms. The van der Waals surface area contributed by atoms with Gasteiger partial charge >= 0.3 is 5.97 Å². The molecule has 1 rings (SSSR count). The summed E-state index contributed by atoms with van der Waals surface area (Å²) in [6.45, 7) is 3.53. The van der Waals surface area contributed by atoms with Gasteiger partial charge in [0.15, 0.2) is 0 Å². The first kappa shape index (κ1) is 14.7. The molecule has 3 atom stereocenters. The molecule has 0 aromatic heterocycles. The molecule has 0 aromatic rings. The van der Waals surface area contributed by atoms with Crippen molar-refractivity contribution in [2.45, 2.75) is 50.6 Å². The van der Waals surface area contributed by atoms with Gasteiger partial charge in [0.1, 0.15) is 0 Å². The fourth-order valence-electron chi connectivity index (χ4n) is 2.35. The summed E-state index contributed by atoms with van der Waals surface area (Å²) in [7, 11) is 0. The molecular formula is C13H22N2O3. The Labute approximate surface area is 107 Å². The minimum Gasteiger partial charge on any atom is -0.481 e. The summed E-state index contributed by atoms with van der Waals surface area (Å²) >= 11 is 0. The van der Waals surface area contributed by atoms with Crippen LogP contribution < -0.4 is 11.1 Å². The van der Waals surface area contributed by atoms with Crippen LogP contribution in [0.25, 0.3) is 0 Å². The summed E-state index contributed by atoms with van der Waals surface area (Å²) in [6.07, 6.45) is 6.20. The van der Waals surface area contributed by atoms with Crippen LogP contribution in [0, 0.1) is 5.92 Å². The lowest BCUT2D eigenvalue weighted by molar-refractivity contribution is -0.143. The van der Waals surface area contributed by atoms with Crippen molar-refractivity contribution in [3.8, 4) is 0 Å².